The molecule has 2 rings (SSSR count). The average Bonchev–Trinajstić information content (AvgIpc) is 3.38. The molecule has 0 spiro atoms. The normalized spacial score (nSPS) is 17.9. The van der Waals surface area contributed by atoms with E-state index in [1.54, 1.807) is 0 Å². The van der Waals surface area contributed by atoms with Crippen molar-refractivity contribution in [3.05, 3.63) is 35.4 Å². The summed E-state index contributed by atoms with van der Waals surface area (Å²) in [7, 11) is 4.06. The van der Waals surface area contributed by atoms with Crippen LogP contribution < -0.4 is 10.6 Å². The fraction of sp³-hybridized carbons (Fsp3) is 0.632. The zero-order chi connectivity index (χ0) is 16.8. The first-order valence-electron chi connectivity index (χ1n) is 8.74. The van der Waals surface area contributed by atoms with Crippen LogP contribution in [0.15, 0.2) is 29.3 Å². The average molecular weight is 316 g/mol. The van der Waals surface area contributed by atoms with Gasteiger partial charge in [-0.15, -0.1) is 0 Å². The lowest BCUT2D eigenvalue weighted by Crippen LogP contribution is -2.46. The summed E-state index contributed by atoms with van der Waals surface area (Å²) in [5, 5.41) is 6.89. The van der Waals surface area contributed by atoms with Gasteiger partial charge in [-0.2, -0.15) is 0 Å². The zero-order valence-corrected chi connectivity index (χ0v) is 15.3. The zero-order valence-electron chi connectivity index (χ0n) is 15.3. The molecule has 0 bridgehead atoms. The number of aryl methyl sites for hydroxylation is 1. The molecule has 1 aliphatic carbocycles. The number of nitrogens with one attached hydrogen (secondary N) is 2. The SMILES string of the molecule is CN=C(NCC(C)c1cccc(C)c1)NCC(C)N(C)C1CC1. The van der Waals surface area contributed by atoms with Crippen LogP contribution in [0.25, 0.3) is 0 Å². The van der Waals surface area contributed by atoms with Gasteiger partial charge in [0, 0.05) is 32.2 Å². The number of rotatable bonds is 7. The highest BCUT2D eigenvalue weighted by atomic mass is 15.2. The van der Waals surface area contributed by atoms with Crippen LogP contribution >= 0.6 is 0 Å². The maximum Gasteiger partial charge on any atom is 0.191 e. The second kappa shape index (κ2) is 8.34. The van der Waals surface area contributed by atoms with Gasteiger partial charge >= 0.3 is 0 Å². The van der Waals surface area contributed by atoms with Crippen molar-refractivity contribution in [2.75, 3.05) is 27.2 Å². The minimum Gasteiger partial charge on any atom is -0.356 e. The molecule has 0 aromatic heterocycles. The third-order valence-corrected chi connectivity index (χ3v) is 4.79. The van der Waals surface area contributed by atoms with E-state index in [0.29, 0.717) is 12.0 Å². The summed E-state index contributed by atoms with van der Waals surface area (Å²) in [6.45, 7) is 8.47. The monoisotopic (exact) mass is 316 g/mol. The van der Waals surface area contributed by atoms with Gasteiger partial charge in [-0.3, -0.25) is 9.89 Å². The van der Waals surface area contributed by atoms with Crippen LogP contribution in [-0.2, 0) is 0 Å². The number of nitrogens with zero attached hydrogens (tertiary/aromatic N) is 2. The second-order valence-electron chi connectivity index (χ2n) is 6.89. The molecular weight excluding hydrogens is 284 g/mol. The minimum atomic E-state index is 0.458. The summed E-state index contributed by atoms with van der Waals surface area (Å²) in [4.78, 5) is 6.81. The minimum absolute atomic E-state index is 0.458. The number of guanidine groups is 1. The van der Waals surface area contributed by atoms with Crippen LogP contribution in [-0.4, -0.2) is 50.1 Å². The molecule has 0 heterocycles. The van der Waals surface area contributed by atoms with E-state index in [1.807, 2.05) is 7.05 Å². The summed E-state index contributed by atoms with van der Waals surface area (Å²) >= 11 is 0. The Hall–Kier alpha value is -1.55. The van der Waals surface area contributed by atoms with E-state index < -0.39 is 0 Å². The lowest BCUT2D eigenvalue weighted by atomic mass is 9.99. The topological polar surface area (TPSA) is 39.7 Å². The Kier molecular flexibility index (Phi) is 6.46. The molecule has 0 amide bonds. The smallest absolute Gasteiger partial charge is 0.191 e. The molecule has 1 aliphatic rings. The molecule has 1 aromatic carbocycles. The van der Waals surface area contributed by atoms with Gasteiger partial charge in [0.2, 0.25) is 0 Å². The van der Waals surface area contributed by atoms with Crippen LogP contribution in [0.5, 0.6) is 0 Å². The molecule has 2 unspecified atom stereocenters. The highest BCUT2D eigenvalue weighted by Gasteiger charge is 2.28. The Morgan fingerprint density at radius 2 is 1.96 bits per heavy atom. The molecule has 2 atom stereocenters. The summed E-state index contributed by atoms with van der Waals surface area (Å²) in [5.74, 6) is 1.35. The molecule has 0 saturated heterocycles. The molecule has 23 heavy (non-hydrogen) atoms. The molecular formula is C19H32N4. The Labute approximate surface area is 141 Å². The number of hydrogen-bond donors (Lipinski definition) is 2. The van der Waals surface area contributed by atoms with Gasteiger partial charge in [-0.25, -0.2) is 0 Å². The maximum atomic E-state index is 4.34. The van der Waals surface area contributed by atoms with Gasteiger partial charge in [-0.1, -0.05) is 36.8 Å². The lowest BCUT2D eigenvalue weighted by molar-refractivity contribution is 0.247. The van der Waals surface area contributed by atoms with Crippen molar-refractivity contribution in [1.29, 1.82) is 0 Å². The Morgan fingerprint density at radius 1 is 1.26 bits per heavy atom. The maximum absolute atomic E-state index is 4.34. The summed E-state index contributed by atoms with van der Waals surface area (Å²) < 4.78 is 0. The van der Waals surface area contributed by atoms with Crippen molar-refractivity contribution in [1.82, 2.24) is 15.5 Å². The number of aliphatic imine (C=N–C) groups is 1. The number of benzene rings is 1. The van der Waals surface area contributed by atoms with Crippen molar-refractivity contribution >= 4 is 5.96 Å². The van der Waals surface area contributed by atoms with Crippen molar-refractivity contribution in [3.8, 4) is 0 Å². The summed E-state index contributed by atoms with van der Waals surface area (Å²) in [6.07, 6.45) is 2.70. The fourth-order valence-corrected chi connectivity index (χ4v) is 2.79. The molecule has 0 radical (unpaired) electrons. The van der Waals surface area contributed by atoms with Crippen LogP contribution in [0.2, 0.25) is 0 Å². The summed E-state index contributed by atoms with van der Waals surface area (Å²) in [6, 6.07) is 10.0. The summed E-state index contributed by atoms with van der Waals surface area (Å²) in [5.41, 5.74) is 2.68. The third kappa shape index (κ3) is 5.54. The highest BCUT2D eigenvalue weighted by Crippen LogP contribution is 2.26. The van der Waals surface area contributed by atoms with Crippen molar-refractivity contribution in [2.24, 2.45) is 4.99 Å². The third-order valence-electron chi connectivity index (χ3n) is 4.79. The predicted octanol–water partition coefficient (Wildman–Crippen LogP) is 2.75. The standard InChI is InChI=1S/C19H32N4/c1-14-7-6-8-17(11-14)15(2)12-21-19(20-4)22-13-16(3)23(5)18-9-10-18/h6-8,11,15-16,18H,9-10,12-13H2,1-5H3,(H2,20,21,22). The van der Waals surface area contributed by atoms with Crippen LogP contribution in [0.4, 0.5) is 0 Å². The quantitative estimate of drug-likeness (QED) is 0.600. The van der Waals surface area contributed by atoms with Crippen LogP contribution in [0, 0.1) is 6.92 Å². The number of hydrogen-bond acceptors (Lipinski definition) is 2. The molecule has 4 nitrogen and oxygen atoms in total. The first-order valence-corrected chi connectivity index (χ1v) is 8.74. The van der Waals surface area contributed by atoms with Crippen molar-refractivity contribution < 1.29 is 0 Å². The van der Waals surface area contributed by atoms with E-state index >= 15 is 0 Å². The molecule has 4 heteroatoms. The lowest BCUT2D eigenvalue weighted by Gasteiger charge is -2.25. The van der Waals surface area contributed by atoms with Gasteiger partial charge in [0.15, 0.2) is 5.96 Å². The molecule has 128 valence electrons. The van der Waals surface area contributed by atoms with Crippen LogP contribution in [0.1, 0.15) is 43.7 Å². The van der Waals surface area contributed by atoms with Gasteiger partial charge in [0.1, 0.15) is 0 Å². The second-order valence-corrected chi connectivity index (χ2v) is 6.89. The highest BCUT2D eigenvalue weighted by molar-refractivity contribution is 5.79. The van der Waals surface area contributed by atoms with Gasteiger partial charge in [-0.05, 0) is 45.2 Å². The molecule has 0 aliphatic heterocycles. The first kappa shape index (κ1) is 17.8. The molecule has 1 fully saturated rings. The Balaban J connectivity index is 1.76. The van der Waals surface area contributed by atoms with E-state index in [1.165, 1.54) is 24.0 Å². The van der Waals surface area contributed by atoms with Gasteiger partial charge < -0.3 is 10.6 Å². The van der Waals surface area contributed by atoms with Crippen molar-refractivity contribution in [2.45, 2.75) is 51.6 Å². The fourth-order valence-electron chi connectivity index (χ4n) is 2.79. The first-order chi connectivity index (χ1) is 11.0. The molecule has 1 aromatic rings. The number of likely N-dealkylation sites (N-methyl/N-ethyl adjacent to an activating group) is 1. The Morgan fingerprint density at radius 3 is 2.57 bits per heavy atom. The van der Waals surface area contributed by atoms with E-state index in [2.05, 4.69) is 72.6 Å². The van der Waals surface area contributed by atoms with Gasteiger partial charge in [0.05, 0.1) is 0 Å². The molecule has 1 saturated carbocycles. The predicted molar refractivity (Wildman–Crippen MR) is 99.2 cm³/mol. The largest absolute Gasteiger partial charge is 0.356 e. The van der Waals surface area contributed by atoms with Crippen LogP contribution in [0.3, 0.4) is 0 Å². The van der Waals surface area contributed by atoms with Crippen molar-refractivity contribution in [3.63, 3.8) is 0 Å². The van der Waals surface area contributed by atoms with E-state index in [4.69, 9.17) is 0 Å². The van der Waals surface area contributed by atoms with E-state index in [-0.39, 0.29) is 0 Å². The Bertz CT molecular complexity index is 522. The van der Waals surface area contributed by atoms with E-state index in [0.717, 1.165) is 25.1 Å². The van der Waals surface area contributed by atoms with Gasteiger partial charge in [0.25, 0.3) is 0 Å². The molecule has 2 N–H and O–H groups in total. The van der Waals surface area contributed by atoms with E-state index in [9.17, 15) is 0 Å².